The molecule has 0 fully saturated rings. The van der Waals surface area contributed by atoms with Gasteiger partial charge < -0.3 is 14.7 Å². The first-order valence-corrected chi connectivity index (χ1v) is 10.6. The smallest absolute Gasteiger partial charge is 0.256 e. The van der Waals surface area contributed by atoms with E-state index < -0.39 is 0 Å². The van der Waals surface area contributed by atoms with Crippen molar-refractivity contribution >= 4 is 17.7 Å². The maximum atomic E-state index is 13.1. The minimum absolute atomic E-state index is 0.152. The molecule has 0 bridgehead atoms. The number of aromatic nitrogens is 2. The van der Waals surface area contributed by atoms with E-state index in [1.54, 1.807) is 30.5 Å². The maximum absolute atomic E-state index is 13.1. The van der Waals surface area contributed by atoms with E-state index in [1.807, 2.05) is 0 Å². The van der Waals surface area contributed by atoms with E-state index in [0.717, 1.165) is 17.8 Å². The molecule has 0 aliphatic carbocycles. The van der Waals surface area contributed by atoms with E-state index in [4.69, 9.17) is 4.42 Å². The van der Waals surface area contributed by atoms with Gasteiger partial charge in [-0.2, -0.15) is 0 Å². The van der Waals surface area contributed by atoms with Gasteiger partial charge in [-0.15, -0.1) is 0 Å². The lowest BCUT2D eigenvalue weighted by molar-refractivity contribution is -0.118. The molecule has 156 valence electrons. The summed E-state index contributed by atoms with van der Waals surface area (Å²) in [6.07, 6.45) is 2.21. The van der Waals surface area contributed by atoms with Crippen molar-refractivity contribution in [1.82, 2.24) is 20.2 Å². The van der Waals surface area contributed by atoms with Crippen LogP contribution in [-0.2, 0) is 30.8 Å². The highest BCUT2D eigenvalue weighted by Crippen LogP contribution is 2.19. The predicted octanol–water partition coefficient (Wildman–Crippen LogP) is 2.47. The molecule has 3 heterocycles. The Morgan fingerprint density at radius 3 is 2.90 bits per heavy atom. The van der Waals surface area contributed by atoms with E-state index in [9.17, 15) is 14.0 Å². The van der Waals surface area contributed by atoms with Crippen LogP contribution in [-0.4, -0.2) is 33.1 Å². The first kappa shape index (κ1) is 20.4. The number of hydrogen-bond donors (Lipinski definition) is 2. The highest BCUT2D eigenvalue weighted by Gasteiger charge is 2.21. The topological polar surface area (TPSA) is 91.2 Å². The fourth-order valence-electron chi connectivity index (χ4n) is 3.29. The molecule has 0 radical (unpaired) electrons. The second-order valence-corrected chi connectivity index (χ2v) is 7.99. The van der Waals surface area contributed by atoms with Crippen LogP contribution in [0.4, 0.5) is 4.39 Å². The number of nitrogens with one attached hydrogen (secondary N) is 2. The van der Waals surface area contributed by atoms with Gasteiger partial charge in [0.1, 0.15) is 11.6 Å². The second kappa shape index (κ2) is 9.27. The summed E-state index contributed by atoms with van der Waals surface area (Å²) in [5, 5.41) is 3.20. The van der Waals surface area contributed by atoms with Crippen LogP contribution in [0.25, 0.3) is 0 Å². The molecule has 0 saturated heterocycles. The lowest BCUT2D eigenvalue weighted by atomic mass is 10.1. The number of thioether (sulfide) groups is 1. The number of halogens is 1. The Hall–Kier alpha value is -2.91. The molecule has 3 aromatic rings. The summed E-state index contributed by atoms with van der Waals surface area (Å²) in [4.78, 5) is 34.0. The van der Waals surface area contributed by atoms with Crippen LogP contribution in [0.1, 0.15) is 22.6 Å². The van der Waals surface area contributed by atoms with Gasteiger partial charge >= 0.3 is 0 Å². The number of aromatic amines is 1. The fraction of sp³-hybridized carbons (Fsp3) is 0.286. The summed E-state index contributed by atoms with van der Waals surface area (Å²) in [5.41, 5.74) is 2.24. The maximum Gasteiger partial charge on any atom is 0.256 e. The molecule has 1 aromatic carbocycles. The van der Waals surface area contributed by atoms with Crippen molar-refractivity contribution in [2.45, 2.75) is 31.2 Å². The minimum Gasteiger partial charge on any atom is -0.467 e. The molecule has 1 aliphatic rings. The monoisotopic (exact) mass is 428 g/mol. The molecular weight excluding hydrogens is 407 g/mol. The molecule has 30 heavy (non-hydrogen) atoms. The first-order chi connectivity index (χ1) is 14.6. The average molecular weight is 428 g/mol. The molecule has 2 aromatic heterocycles. The van der Waals surface area contributed by atoms with Gasteiger partial charge in [0.2, 0.25) is 5.91 Å². The van der Waals surface area contributed by atoms with Crippen LogP contribution in [0, 0.1) is 5.82 Å². The third-order valence-corrected chi connectivity index (χ3v) is 5.70. The summed E-state index contributed by atoms with van der Waals surface area (Å²) >= 11 is 1.20. The van der Waals surface area contributed by atoms with Crippen molar-refractivity contribution in [2.24, 2.45) is 0 Å². The van der Waals surface area contributed by atoms with Crippen LogP contribution in [0.2, 0.25) is 0 Å². The fourth-order valence-corrected chi connectivity index (χ4v) is 4.00. The SMILES string of the molecule is O=C(CSc1nc2c(c(=O)[nH]1)CN(Cc1ccc(F)cc1)CC2)NCc1ccco1. The van der Waals surface area contributed by atoms with Gasteiger partial charge in [0.15, 0.2) is 5.16 Å². The molecule has 4 rings (SSSR count). The zero-order valence-electron chi connectivity index (χ0n) is 16.2. The zero-order valence-corrected chi connectivity index (χ0v) is 17.0. The zero-order chi connectivity index (χ0) is 20.9. The Kier molecular flexibility index (Phi) is 6.29. The van der Waals surface area contributed by atoms with Crippen LogP contribution in [0.5, 0.6) is 0 Å². The summed E-state index contributed by atoms with van der Waals surface area (Å²) in [7, 11) is 0. The van der Waals surface area contributed by atoms with Crippen molar-refractivity contribution in [3.63, 3.8) is 0 Å². The number of carbonyl (C=O) groups is 1. The Balaban J connectivity index is 1.33. The molecule has 0 spiro atoms. The molecule has 1 aliphatic heterocycles. The molecule has 9 heteroatoms. The Labute approximate surface area is 176 Å². The quantitative estimate of drug-likeness (QED) is 0.444. The predicted molar refractivity (Wildman–Crippen MR) is 110 cm³/mol. The van der Waals surface area contributed by atoms with E-state index in [2.05, 4.69) is 20.2 Å². The van der Waals surface area contributed by atoms with Gasteiger partial charge in [-0.05, 0) is 29.8 Å². The van der Waals surface area contributed by atoms with Crippen molar-refractivity contribution < 1.29 is 13.6 Å². The van der Waals surface area contributed by atoms with E-state index in [0.29, 0.717) is 42.5 Å². The first-order valence-electron chi connectivity index (χ1n) is 9.57. The summed E-state index contributed by atoms with van der Waals surface area (Å²) in [5.74, 6) is 0.406. The standard InChI is InChI=1S/C21H21FN4O3S/c22-15-5-3-14(4-6-15)11-26-8-7-18-17(12-26)20(28)25-21(24-18)30-13-19(27)23-10-16-2-1-9-29-16/h1-6,9H,7-8,10-13H2,(H,23,27)(H,24,25,28). The van der Waals surface area contributed by atoms with Crippen LogP contribution < -0.4 is 10.9 Å². The van der Waals surface area contributed by atoms with Gasteiger partial charge in [0.05, 0.1) is 29.8 Å². The molecule has 0 atom stereocenters. The highest BCUT2D eigenvalue weighted by molar-refractivity contribution is 7.99. The highest BCUT2D eigenvalue weighted by atomic mass is 32.2. The van der Waals surface area contributed by atoms with Crippen LogP contribution >= 0.6 is 11.8 Å². The number of H-pyrrole nitrogens is 1. The Bertz CT molecular complexity index is 1070. The number of amides is 1. The van der Waals surface area contributed by atoms with E-state index >= 15 is 0 Å². The summed E-state index contributed by atoms with van der Waals surface area (Å²) < 4.78 is 18.2. The third kappa shape index (κ3) is 5.17. The minimum atomic E-state index is -0.261. The number of rotatable bonds is 7. The molecule has 0 unspecified atom stereocenters. The van der Waals surface area contributed by atoms with Crippen molar-refractivity contribution in [2.75, 3.05) is 12.3 Å². The number of carbonyl (C=O) groups excluding carboxylic acids is 1. The van der Waals surface area contributed by atoms with Gasteiger partial charge in [0, 0.05) is 26.1 Å². The average Bonchev–Trinajstić information content (AvgIpc) is 3.26. The second-order valence-electron chi connectivity index (χ2n) is 7.03. The van der Waals surface area contributed by atoms with Crippen molar-refractivity contribution in [3.8, 4) is 0 Å². The summed E-state index contributed by atoms with van der Waals surface area (Å²) in [6.45, 7) is 2.22. The number of nitrogens with zero attached hydrogens (tertiary/aromatic N) is 2. The van der Waals surface area contributed by atoms with Crippen molar-refractivity contribution in [1.29, 1.82) is 0 Å². The number of furan rings is 1. The van der Waals surface area contributed by atoms with E-state index in [-0.39, 0.29) is 23.0 Å². The molecular formula is C21H21FN4O3S. The molecule has 0 saturated carbocycles. The number of fused-ring (bicyclic) bond motifs is 1. The number of hydrogen-bond acceptors (Lipinski definition) is 6. The van der Waals surface area contributed by atoms with Gasteiger partial charge in [-0.1, -0.05) is 23.9 Å². The summed E-state index contributed by atoms with van der Waals surface area (Å²) in [6, 6.07) is 9.94. The van der Waals surface area contributed by atoms with Crippen molar-refractivity contribution in [3.05, 3.63) is 81.4 Å². The largest absolute Gasteiger partial charge is 0.467 e. The molecule has 2 N–H and O–H groups in total. The number of benzene rings is 1. The molecule has 1 amide bonds. The lowest BCUT2D eigenvalue weighted by Crippen LogP contribution is -2.35. The van der Waals surface area contributed by atoms with Crippen LogP contribution in [0.3, 0.4) is 0 Å². The normalized spacial score (nSPS) is 13.8. The van der Waals surface area contributed by atoms with Crippen LogP contribution in [0.15, 0.2) is 57.0 Å². The lowest BCUT2D eigenvalue weighted by Gasteiger charge is -2.27. The van der Waals surface area contributed by atoms with Gasteiger partial charge in [-0.3, -0.25) is 14.5 Å². The third-order valence-electron chi connectivity index (χ3n) is 4.83. The van der Waals surface area contributed by atoms with Gasteiger partial charge in [-0.25, -0.2) is 9.37 Å². The Morgan fingerprint density at radius 1 is 1.30 bits per heavy atom. The van der Waals surface area contributed by atoms with Gasteiger partial charge in [0.25, 0.3) is 5.56 Å². The molecule has 7 nitrogen and oxygen atoms in total. The Morgan fingerprint density at radius 2 is 2.13 bits per heavy atom. The van der Waals surface area contributed by atoms with E-state index in [1.165, 1.54) is 23.9 Å².